The average molecular weight is 393 g/mol. The minimum atomic E-state index is -0.731. The van der Waals surface area contributed by atoms with E-state index in [0.717, 1.165) is 24.8 Å². The van der Waals surface area contributed by atoms with Crippen LogP contribution in [-0.4, -0.2) is 0 Å². The fourth-order valence-corrected chi connectivity index (χ4v) is 4.71. The topological polar surface area (TPSA) is 0 Å². The van der Waals surface area contributed by atoms with Gasteiger partial charge in [0.05, 0.1) is 0 Å². The first-order chi connectivity index (χ1) is 14.2. The number of rotatable bonds is 7. The zero-order valence-electron chi connectivity index (χ0n) is 17.3. The molecule has 1 atom stereocenters. The van der Waals surface area contributed by atoms with Crippen LogP contribution in [0.1, 0.15) is 73.6 Å². The quantitative estimate of drug-likeness (QED) is 0.358. The van der Waals surface area contributed by atoms with E-state index in [1.165, 1.54) is 60.1 Å². The van der Waals surface area contributed by atoms with Crippen LogP contribution in [0.2, 0.25) is 0 Å². The second-order valence-electron chi connectivity index (χ2n) is 8.54. The molecule has 0 saturated carbocycles. The van der Waals surface area contributed by atoms with E-state index in [2.05, 4.69) is 43.3 Å². The summed E-state index contributed by atoms with van der Waals surface area (Å²) >= 11 is 0. The number of unbranched alkanes of at least 4 members (excludes halogenated alkanes) is 4. The molecule has 0 heterocycles. The molecule has 29 heavy (non-hydrogen) atoms. The molecule has 152 valence electrons. The van der Waals surface area contributed by atoms with Gasteiger partial charge in [-0.3, -0.25) is 0 Å². The summed E-state index contributed by atoms with van der Waals surface area (Å²) in [6, 6.07) is 16.4. The van der Waals surface area contributed by atoms with Gasteiger partial charge in [0, 0.05) is 0 Å². The van der Waals surface area contributed by atoms with Crippen molar-refractivity contribution in [2.24, 2.45) is 0 Å². The number of hydrogen-bond acceptors (Lipinski definition) is 0. The number of halogens is 2. The second kappa shape index (κ2) is 9.07. The highest BCUT2D eigenvalue weighted by Gasteiger charge is 2.24. The van der Waals surface area contributed by atoms with Crippen molar-refractivity contribution in [3.63, 3.8) is 0 Å². The van der Waals surface area contributed by atoms with Crippen LogP contribution in [0.3, 0.4) is 0 Å². The predicted octanol–water partition coefficient (Wildman–Crippen LogP) is 7.90. The average Bonchev–Trinajstić information content (AvgIpc) is 2.75. The largest absolute Gasteiger partial charge is 0.204 e. The molecule has 0 aromatic heterocycles. The van der Waals surface area contributed by atoms with E-state index in [9.17, 15) is 8.78 Å². The smallest absolute Gasteiger partial charge is 0.162 e. The molecule has 0 bridgehead atoms. The summed E-state index contributed by atoms with van der Waals surface area (Å²) < 4.78 is 27.9. The Hall–Kier alpha value is -2.22. The van der Waals surface area contributed by atoms with E-state index in [1.54, 1.807) is 6.07 Å². The third-order valence-electron chi connectivity index (χ3n) is 6.47. The van der Waals surface area contributed by atoms with E-state index >= 15 is 0 Å². The summed E-state index contributed by atoms with van der Waals surface area (Å²) in [6.45, 7) is 2.25. The van der Waals surface area contributed by atoms with E-state index in [-0.39, 0.29) is 5.92 Å². The SMILES string of the molecule is CCCCCCCc1ccc2cc(C3CCc4ccc(F)c(F)c4C3)ccc2c1. The minimum Gasteiger partial charge on any atom is -0.204 e. The van der Waals surface area contributed by atoms with Crippen LogP contribution >= 0.6 is 0 Å². The molecule has 3 aromatic carbocycles. The van der Waals surface area contributed by atoms with Gasteiger partial charge in [0.1, 0.15) is 0 Å². The lowest BCUT2D eigenvalue weighted by atomic mass is 9.79. The van der Waals surface area contributed by atoms with E-state index < -0.39 is 11.6 Å². The van der Waals surface area contributed by atoms with Gasteiger partial charge in [-0.2, -0.15) is 0 Å². The summed E-state index contributed by atoms with van der Waals surface area (Å²) in [5.74, 6) is -1.14. The summed E-state index contributed by atoms with van der Waals surface area (Å²) in [6.07, 6.45) is 10.0. The minimum absolute atomic E-state index is 0.251. The van der Waals surface area contributed by atoms with E-state index in [0.29, 0.717) is 12.0 Å². The van der Waals surface area contributed by atoms with Gasteiger partial charge in [0.2, 0.25) is 0 Å². The lowest BCUT2D eigenvalue weighted by Crippen LogP contribution is -2.15. The molecule has 0 saturated heterocycles. The highest BCUT2D eigenvalue weighted by molar-refractivity contribution is 5.84. The highest BCUT2D eigenvalue weighted by atomic mass is 19.2. The maximum Gasteiger partial charge on any atom is 0.162 e. The summed E-state index contributed by atoms with van der Waals surface area (Å²) in [5, 5.41) is 2.51. The van der Waals surface area contributed by atoms with Crippen molar-refractivity contribution >= 4 is 10.8 Å². The van der Waals surface area contributed by atoms with Crippen molar-refractivity contribution in [3.05, 3.63) is 82.4 Å². The van der Waals surface area contributed by atoms with Crippen LogP contribution in [0, 0.1) is 11.6 Å². The first-order valence-corrected chi connectivity index (χ1v) is 11.1. The molecule has 0 N–H and O–H groups in total. The molecule has 0 fully saturated rings. The van der Waals surface area contributed by atoms with Crippen LogP contribution < -0.4 is 0 Å². The normalized spacial score (nSPS) is 16.2. The summed E-state index contributed by atoms with van der Waals surface area (Å²) in [4.78, 5) is 0. The van der Waals surface area contributed by atoms with Gasteiger partial charge in [-0.25, -0.2) is 8.78 Å². The van der Waals surface area contributed by atoms with Crippen molar-refractivity contribution in [1.29, 1.82) is 0 Å². The molecule has 3 aromatic rings. The van der Waals surface area contributed by atoms with E-state index in [1.807, 2.05) is 0 Å². The number of benzene rings is 3. The molecule has 2 heteroatoms. The standard InChI is InChI=1S/C27H30F2/c1-2-3-4-5-6-7-19-8-9-22-17-23(13-12-21(22)16-19)24-11-10-20-14-15-26(28)27(29)25(20)18-24/h8-9,12-17,24H,2-7,10-11,18H2,1H3. The Morgan fingerprint density at radius 2 is 1.66 bits per heavy atom. The highest BCUT2D eigenvalue weighted by Crippen LogP contribution is 2.35. The predicted molar refractivity (Wildman–Crippen MR) is 118 cm³/mol. The Bertz CT molecular complexity index is 989. The molecular formula is C27H30F2. The third-order valence-corrected chi connectivity index (χ3v) is 6.47. The number of fused-ring (bicyclic) bond motifs is 2. The molecule has 4 rings (SSSR count). The van der Waals surface area contributed by atoms with Gasteiger partial charge in [-0.1, -0.05) is 75.1 Å². The molecule has 0 spiro atoms. The second-order valence-corrected chi connectivity index (χ2v) is 8.54. The maximum absolute atomic E-state index is 14.3. The first kappa shape index (κ1) is 20.1. The van der Waals surface area contributed by atoms with Crippen LogP contribution in [0.25, 0.3) is 10.8 Å². The number of aryl methyl sites for hydroxylation is 2. The van der Waals surface area contributed by atoms with Crippen molar-refractivity contribution in [1.82, 2.24) is 0 Å². The fourth-order valence-electron chi connectivity index (χ4n) is 4.71. The molecular weight excluding hydrogens is 362 g/mol. The third kappa shape index (κ3) is 4.52. The molecule has 0 aliphatic heterocycles. The lowest BCUT2D eigenvalue weighted by molar-refractivity contribution is 0.476. The van der Waals surface area contributed by atoms with E-state index in [4.69, 9.17) is 0 Å². The molecule has 1 aliphatic rings. The Balaban J connectivity index is 1.48. The Labute approximate surface area is 173 Å². The van der Waals surface area contributed by atoms with Gasteiger partial charge >= 0.3 is 0 Å². The zero-order valence-corrected chi connectivity index (χ0v) is 17.3. The zero-order chi connectivity index (χ0) is 20.2. The van der Waals surface area contributed by atoms with Gasteiger partial charge < -0.3 is 0 Å². The number of hydrogen-bond donors (Lipinski definition) is 0. The van der Waals surface area contributed by atoms with Gasteiger partial charge in [-0.15, -0.1) is 0 Å². The Morgan fingerprint density at radius 3 is 2.52 bits per heavy atom. The molecule has 0 radical (unpaired) electrons. The summed E-state index contributed by atoms with van der Waals surface area (Å²) in [7, 11) is 0. The lowest BCUT2D eigenvalue weighted by Gasteiger charge is -2.25. The van der Waals surface area contributed by atoms with Crippen LogP contribution in [0.15, 0.2) is 48.5 Å². The van der Waals surface area contributed by atoms with Crippen molar-refractivity contribution < 1.29 is 8.78 Å². The van der Waals surface area contributed by atoms with Crippen LogP contribution in [-0.2, 0) is 19.3 Å². The fraction of sp³-hybridized carbons (Fsp3) is 0.407. The maximum atomic E-state index is 14.3. The molecule has 0 amide bonds. The Morgan fingerprint density at radius 1 is 0.862 bits per heavy atom. The van der Waals surface area contributed by atoms with Crippen LogP contribution in [0.5, 0.6) is 0 Å². The summed E-state index contributed by atoms with van der Waals surface area (Å²) in [5.41, 5.74) is 4.18. The monoisotopic (exact) mass is 392 g/mol. The molecule has 0 nitrogen and oxygen atoms in total. The molecule has 1 aliphatic carbocycles. The van der Waals surface area contributed by atoms with Crippen molar-refractivity contribution in [2.45, 2.75) is 70.6 Å². The molecule has 1 unspecified atom stereocenters. The van der Waals surface area contributed by atoms with Gasteiger partial charge in [0.25, 0.3) is 0 Å². The first-order valence-electron chi connectivity index (χ1n) is 11.1. The Kier molecular flexibility index (Phi) is 6.28. The van der Waals surface area contributed by atoms with Gasteiger partial charge in [0.15, 0.2) is 11.6 Å². The van der Waals surface area contributed by atoms with Crippen molar-refractivity contribution in [2.75, 3.05) is 0 Å². The van der Waals surface area contributed by atoms with Crippen LogP contribution in [0.4, 0.5) is 8.78 Å². The van der Waals surface area contributed by atoms with Crippen molar-refractivity contribution in [3.8, 4) is 0 Å². The van der Waals surface area contributed by atoms with Gasteiger partial charge in [-0.05, 0) is 77.1 Å².